The zero-order valence-corrected chi connectivity index (χ0v) is 13.1. The van der Waals surface area contributed by atoms with Gasteiger partial charge in [-0.15, -0.1) is 0 Å². The molecule has 0 saturated carbocycles. The number of hydrogen-bond acceptors (Lipinski definition) is 3. The Bertz CT molecular complexity index is 758. The van der Waals surface area contributed by atoms with Gasteiger partial charge in [0.25, 0.3) is 0 Å². The molecule has 0 aromatic heterocycles. The summed E-state index contributed by atoms with van der Waals surface area (Å²) in [6.45, 7) is 0.123. The van der Waals surface area contributed by atoms with Crippen LogP contribution in [0.15, 0.2) is 41.3 Å². The minimum atomic E-state index is -3.79. The normalized spacial score (nSPS) is 11.6. The number of nitrogens with two attached hydrogens (primary N) is 1. The Kier molecular flexibility index (Phi) is 4.88. The van der Waals surface area contributed by atoms with Crippen LogP contribution in [0.3, 0.4) is 0 Å². The zero-order chi connectivity index (χ0) is 15.6. The highest BCUT2D eigenvalue weighted by atomic mass is 35.5. The van der Waals surface area contributed by atoms with Crippen molar-refractivity contribution in [3.05, 3.63) is 63.4 Å². The largest absolute Gasteiger partial charge is 0.326 e. The molecule has 0 heterocycles. The molecule has 0 aliphatic rings. The van der Waals surface area contributed by atoms with Crippen LogP contribution in [0, 0.1) is 5.82 Å². The van der Waals surface area contributed by atoms with E-state index < -0.39 is 21.4 Å². The summed E-state index contributed by atoms with van der Waals surface area (Å²) in [4.78, 5) is -0.146. The van der Waals surface area contributed by atoms with Gasteiger partial charge in [0.05, 0.1) is 15.8 Å². The van der Waals surface area contributed by atoms with Gasteiger partial charge in [0.1, 0.15) is 10.7 Å². The fraction of sp³-hybridized carbons (Fsp3) is 0.143. The fourth-order valence-corrected chi connectivity index (χ4v) is 4.57. The van der Waals surface area contributed by atoms with Gasteiger partial charge in [0.2, 0.25) is 0 Å². The third kappa shape index (κ3) is 3.74. The zero-order valence-electron chi connectivity index (χ0n) is 10.8. The Morgan fingerprint density at radius 2 is 1.62 bits per heavy atom. The Morgan fingerprint density at radius 3 is 2.19 bits per heavy atom. The molecule has 7 heteroatoms. The van der Waals surface area contributed by atoms with Crippen LogP contribution in [0.5, 0.6) is 0 Å². The van der Waals surface area contributed by atoms with Crippen LogP contribution >= 0.6 is 23.2 Å². The molecule has 2 N–H and O–H groups in total. The van der Waals surface area contributed by atoms with Crippen molar-refractivity contribution in [1.82, 2.24) is 0 Å². The van der Waals surface area contributed by atoms with Gasteiger partial charge < -0.3 is 5.73 Å². The topological polar surface area (TPSA) is 60.2 Å². The van der Waals surface area contributed by atoms with Crippen molar-refractivity contribution in [3.63, 3.8) is 0 Å². The summed E-state index contributed by atoms with van der Waals surface area (Å²) in [6.07, 6.45) is 0. The van der Waals surface area contributed by atoms with Gasteiger partial charge in [-0.25, -0.2) is 12.8 Å². The first-order chi connectivity index (χ1) is 9.83. The van der Waals surface area contributed by atoms with E-state index in [-0.39, 0.29) is 21.5 Å². The van der Waals surface area contributed by atoms with Crippen molar-refractivity contribution in [1.29, 1.82) is 0 Å². The van der Waals surface area contributed by atoms with E-state index >= 15 is 0 Å². The summed E-state index contributed by atoms with van der Waals surface area (Å²) < 4.78 is 38.3. The Labute approximate surface area is 132 Å². The molecule has 112 valence electrons. The first kappa shape index (κ1) is 16.2. The molecular formula is C14H12Cl2FNO2S. The molecule has 0 bridgehead atoms. The Balaban J connectivity index is 2.45. The molecule has 2 aromatic carbocycles. The van der Waals surface area contributed by atoms with Crippen molar-refractivity contribution < 1.29 is 12.8 Å². The van der Waals surface area contributed by atoms with E-state index in [1.807, 2.05) is 0 Å². The third-order valence-electron chi connectivity index (χ3n) is 2.84. The van der Waals surface area contributed by atoms with Crippen LogP contribution in [0.2, 0.25) is 10.0 Å². The van der Waals surface area contributed by atoms with E-state index in [1.54, 1.807) is 12.1 Å². The molecular weight excluding hydrogens is 336 g/mol. The van der Waals surface area contributed by atoms with Gasteiger partial charge in [-0.1, -0.05) is 35.3 Å². The molecule has 2 aromatic rings. The second kappa shape index (κ2) is 6.32. The van der Waals surface area contributed by atoms with Crippen LogP contribution in [-0.4, -0.2) is 8.42 Å². The average Bonchev–Trinajstić information content (AvgIpc) is 2.36. The Morgan fingerprint density at radius 1 is 1.05 bits per heavy atom. The second-order valence-corrected chi connectivity index (χ2v) is 7.22. The fourth-order valence-electron chi connectivity index (χ4n) is 1.99. The van der Waals surface area contributed by atoms with Crippen LogP contribution < -0.4 is 5.73 Å². The van der Waals surface area contributed by atoms with Gasteiger partial charge in [0, 0.05) is 6.54 Å². The highest BCUT2D eigenvalue weighted by Gasteiger charge is 2.22. The predicted octanol–water partition coefficient (Wildman–Crippen LogP) is 3.57. The van der Waals surface area contributed by atoms with E-state index in [2.05, 4.69) is 0 Å². The van der Waals surface area contributed by atoms with Crippen LogP contribution in [0.1, 0.15) is 11.1 Å². The smallest absolute Gasteiger partial charge is 0.185 e. The number of rotatable bonds is 4. The van der Waals surface area contributed by atoms with Crippen LogP contribution in [0.25, 0.3) is 0 Å². The average molecular weight is 348 g/mol. The quantitative estimate of drug-likeness (QED) is 0.919. The summed E-state index contributed by atoms with van der Waals surface area (Å²) in [6, 6.07) is 8.40. The van der Waals surface area contributed by atoms with Crippen molar-refractivity contribution in [2.45, 2.75) is 17.2 Å². The third-order valence-corrected chi connectivity index (χ3v) is 5.47. The molecule has 0 atom stereocenters. The number of benzene rings is 2. The van der Waals surface area contributed by atoms with Crippen molar-refractivity contribution in [2.24, 2.45) is 5.73 Å². The van der Waals surface area contributed by atoms with Crippen molar-refractivity contribution >= 4 is 33.0 Å². The molecule has 0 unspecified atom stereocenters. The summed E-state index contributed by atoms with van der Waals surface area (Å²) >= 11 is 11.8. The molecule has 0 saturated heterocycles. The summed E-state index contributed by atoms with van der Waals surface area (Å²) in [5.41, 5.74) is 6.27. The molecule has 0 spiro atoms. The Hall–Kier alpha value is -1.14. The molecule has 0 radical (unpaired) electrons. The van der Waals surface area contributed by atoms with E-state index in [4.69, 9.17) is 28.9 Å². The number of halogens is 3. The second-order valence-electron chi connectivity index (χ2n) is 4.48. The lowest BCUT2D eigenvalue weighted by atomic mass is 10.1. The predicted molar refractivity (Wildman–Crippen MR) is 81.6 cm³/mol. The first-order valence-electron chi connectivity index (χ1n) is 5.98. The number of sulfone groups is 1. The lowest BCUT2D eigenvalue weighted by Gasteiger charge is -2.09. The SMILES string of the molecule is NCc1cc(F)cc(CS(=O)(=O)c2c(Cl)cccc2Cl)c1. The van der Waals surface area contributed by atoms with E-state index in [0.717, 1.165) is 6.07 Å². The monoisotopic (exact) mass is 347 g/mol. The number of hydrogen-bond donors (Lipinski definition) is 1. The lowest BCUT2D eigenvalue weighted by molar-refractivity contribution is 0.594. The minimum absolute atomic E-state index is 0.0398. The molecule has 0 amide bonds. The molecule has 0 aliphatic heterocycles. The maximum atomic E-state index is 13.4. The molecule has 3 nitrogen and oxygen atoms in total. The van der Waals surface area contributed by atoms with Gasteiger partial charge in [0.15, 0.2) is 9.84 Å². The molecule has 21 heavy (non-hydrogen) atoms. The highest BCUT2D eigenvalue weighted by Crippen LogP contribution is 2.31. The molecule has 2 rings (SSSR count). The van der Waals surface area contributed by atoms with Crippen molar-refractivity contribution in [2.75, 3.05) is 0 Å². The van der Waals surface area contributed by atoms with Crippen LogP contribution in [0.4, 0.5) is 4.39 Å². The van der Waals surface area contributed by atoms with Gasteiger partial charge >= 0.3 is 0 Å². The summed E-state index contributed by atoms with van der Waals surface area (Å²) in [7, 11) is -3.79. The highest BCUT2D eigenvalue weighted by molar-refractivity contribution is 7.90. The minimum Gasteiger partial charge on any atom is -0.326 e. The lowest BCUT2D eigenvalue weighted by Crippen LogP contribution is -2.08. The van der Waals surface area contributed by atoms with E-state index in [9.17, 15) is 12.8 Å². The van der Waals surface area contributed by atoms with Gasteiger partial charge in [-0.2, -0.15) is 0 Å². The van der Waals surface area contributed by atoms with E-state index in [1.165, 1.54) is 18.2 Å². The summed E-state index contributed by atoms with van der Waals surface area (Å²) in [5, 5.41) is 0.0795. The van der Waals surface area contributed by atoms with Gasteiger partial charge in [-0.05, 0) is 35.4 Å². The first-order valence-corrected chi connectivity index (χ1v) is 8.39. The molecule has 0 fully saturated rings. The standard InChI is InChI=1S/C14H12Cl2FNO2S/c15-12-2-1-3-13(16)14(12)21(19,20)8-10-4-9(7-18)5-11(17)6-10/h1-6H,7-8,18H2. The van der Waals surface area contributed by atoms with Crippen molar-refractivity contribution in [3.8, 4) is 0 Å². The maximum absolute atomic E-state index is 13.4. The maximum Gasteiger partial charge on any atom is 0.185 e. The van der Waals surface area contributed by atoms with Gasteiger partial charge in [-0.3, -0.25) is 0 Å². The van der Waals surface area contributed by atoms with E-state index in [0.29, 0.717) is 11.1 Å². The summed E-state index contributed by atoms with van der Waals surface area (Å²) in [5.74, 6) is -0.935. The molecule has 0 aliphatic carbocycles. The van der Waals surface area contributed by atoms with Crippen LogP contribution in [-0.2, 0) is 22.1 Å².